The number of hydrogen-bond acceptors (Lipinski definition) is 6. The Morgan fingerprint density at radius 1 is 0.972 bits per heavy atom. The van der Waals surface area contributed by atoms with E-state index in [1.165, 1.54) is 5.56 Å². The maximum absolute atomic E-state index is 13.2. The Morgan fingerprint density at radius 3 is 2.56 bits per heavy atom. The summed E-state index contributed by atoms with van der Waals surface area (Å²) < 4.78 is 11.1. The summed E-state index contributed by atoms with van der Waals surface area (Å²) in [5.74, 6) is 1.17. The molecule has 184 valence electrons. The molecule has 3 aromatic carbocycles. The number of carbonyl (C=O) groups excluding carboxylic acids is 1. The molecule has 0 unspecified atom stereocenters. The Bertz CT molecular complexity index is 1350. The molecule has 1 amide bonds. The molecule has 8 heteroatoms. The van der Waals surface area contributed by atoms with E-state index >= 15 is 0 Å². The standard InChI is InChI=1S/C28H27ClN4O3/c1-32-10-12-33(13-11-32)16-18-2-6-21(7-3-18)30-27(19-4-9-24-25(14-19)36-17-35-24)26-22-8-5-20(29)15-23(22)31-28(26)34/h2-9,14-15,30H,10-13,16-17H2,1H3,(H,31,34)/b27-26-. The van der Waals surface area contributed by atoms with Crippen LogP contribution in [-0.2, 0) is 11.3 Å². The Kier molecular flexibility index (Phi) is 6.05. The highest BCUT2D eigenvalue weighted by Crippen LogP contribution is 2.41. The number of amides is 1. The van der Waals surface area contributed by atoms with Gasteiger partial charge in [0.2, 0.25) is 6.79 Å². The molecule has 3 heterocycles. The highest BCUT2D eigenvalue weighted by Gasteiger charge is 2.29. The van der Waals surface area contributed by atoms with Crippen molar-refractivity contribution in [1.29, 1.82) is 0 Å². The van der Waals surface area contributed by atoms with E-state index in [2.05, 4.69) is 51.7 Å². The number of fused-ring (bicyclic) bond motifs is 2. The van der Waals surface area contributed by atoms with Gasteiger partial charge < -0.3 is 25.0 Å². The number of nitrogens with zero attached hydrogens (tertiary/aromatic N) is 2. The van der Waals surface area contributed by atoms with E-state index < -0.39 is 0 Å². The molecule has 0 aromatic heterocycles. The van der Waals surface area contributed by atoms with Gasteiger partial charge in [0.15, 0.2) is 11.5 Å². The van der Waals surface area contributed by atoms with Gasteiger partial charge in [-0.3, -0.25) is 9.69 Å². The second-order valence-electron chi connectivity index (χ2n) is 9.36. The zero-order valence-electron chi connectivity index (χ0n) is 20.0. The van der Waals surface area contributed by atoms with Crippen LogP contribution in [0.1, 0.15) is 16.7 Å². The maximum atomic E-state index is 13.2. The Balaban J connectivity index is 1.33. The van der Waals surface area contributed by atoms with E-state index in [1.807, 2.05) is 24.3 Å². The SMILES string of the molecule is CN1CCN(Cc2ccc(N/C(=C3\C(=O)Nc4cc(Cl)ccc43)c3ccc4c(c3)OCO4)cc2)CC1. The highest BCUT2D eigenvalue weighted by atomic mass is 35.5. The summed E-state index contributed by atoms with van der Waals surface area (Å²) in [5, 5.41) is 7.04. The normalized spacial score (nSPS) is 18.7. The van der Waals surface area contributed by atoms with Gasteiger partial charge in [0.05, 0.1) is 17.0 Å². The first-order valence-electron chi connectivity index (χ1n) is 12.1. The van der Waals surface area contributed by atoms with Gasteiger partial charge in [-0.2, -0.15) is 0 Å². The van der Waals surface area contributed by atoms with Gasteiger partial charge in [0.25, 0.3) is 5.91 Å². The highest BCUT2D eigenvalue weighted by molar-refractivity contribution is 6.38. The molecule has 0 atom stereocenters. The smallest absolute Gasteiger partial charge is 0.258 e. The summed E-state index contributed by atoms with van der Waals surface area (Å²) in [7, 11) is 2.17. The molecule has 0 aliphatic carbocycles. The van der Waals surface area contributed by atoms with Crippen molar-refractivity contribution in [3.05, 3.63) is 82.4 Å². The third-order valence-electron chi connectivity index (χ3n) is 6.86. The average Bonchev–Trinajstić information content (AvgIpc) is 3.47. The van der Waals surface area contributed by atoms with E-state index in [4.69, 9.17) is 21.1 Å². The zero-order chi connectivity index (χ0) is 24.6. The number of piperazine rings is 1. The maximum Gasteiger partial charge on any atom is 0.258 e. The topological polar surface area (TPSA) is 66.1 Å². The lowest BCUT2D eigenvalue weighted by atomic mass is 9.99. The Labute approximate surface area is 215 Å². The van der Waals surface area contributed by atoms with Crippen LogP contribution in [0.4, 0.5) is 11.4 Å². The number of carbonyl (C=O) groups is 1. The second kappa shape index (κ2) is 9.50. The first-order chi connectivity index (χ1) is 17.5. The fourth-order valence-corrected chi connectivity index (χ4v) is 5.00. The van der Waals surface area contributed by atoms with Crippen LogP contribution >= 0.6 is 11.6 Å². The molecule has 7 nitrogen and oxygen atoms in total. The molecule has 1 saturated heterocycles. The average molecular weight is 503 g/mol. The van der Waals surface area contributed by atoms with Crippen molar-refractivity contribution in [2.24, 2.45) is 0 Å². The predicted molar refractivity (Wildman–Crippen MR) is 142 cm³/mol. The van der Waals surface area contributed by atoms with Gasteiger partial charge in [-0.25, -0.2) is 0 Å². The second-order valence-corrected chi connectivity index (χ2v) is 9.80. The molecule has 0 spiro atoms. The minimum atomic E-state index is -0.181. The van der Waals surface area contributed by atoms with Gasteiger partial charge in [0, 0.05) is 54.6 Å². The van der Waals surface area contributed by atoms with Crippen LogP contribution in [0.15, 0.2) is 60.7 Å². The molecule has 3 aliphatic heterocycles. The third-order valence-corrected chi connectivity index (χ3v) is 7.10. The van der Waals surface area contributed by atoms with Crippen LogP contribution in [0.25, 0.3) is 11.3 Å². The molecule has 3 aliphatic rings. The predicted octanol–water partition coefficient (Wildman–Crippen LogP) is 4.75. The van der Waals surface area contributed by atoms with E-state index in [0.717, 1.165) is 49.5 Å². The summed E-state index contributed by atoms with van der Waals surface area (Å²) in [6, 6.07) is 19.6. The first-order valence-corrected chi connectivity index (χ1v) is 12.4. The van der Waals surface area contributed by atoms with E-state index in [-0.39, 0.29) is 12.7 Å². The number of rotatable bonds is 5. The van der Waals surface area contributed by atoms with Crippen LogP contribution in [-0.4, -0.2) is 55.7 Å². The number of ether oxygens (including phenoxy) is 2. The fourth-order valence-electron chi connectivity index (χ4n) is 4.83. The summed E-state index contributed by atoms with van der Waals surface area (Å²) in [4.78, 5) is 18.0. The number of likely N-dealkylation sites (N-methyl/N-ethyl adjacent to an activating group) is 1. The van der Waals surface area contributed by atoms with Gasteiger partial charge in [-0.05, 0) is 55.1 Å². The van der Waals surface area contributed by atoms with E-state index in [0.29, 0.717) is 33.5 Å². The third kappa shape index (κ3) is 4.53. The molecular formula is C28H27ClN4O3. The summed E-state index contributed by atoms with van der Waals surface area (Å²) >= 11 is 6.18. The van der Waals surface area contributed by atoms with Gasteiger partial charge in [-0.15, -0.1) is 0 Å². The van der Waals surface area contributed by atoms with Crippen LogP contribution < -0.4 is 20.1 Å². The number of anilines is 2. The van der Waals surface area contributed by atoms with Crippen LogP contribution in [0.5, 0.6) is 11.5 Å². The summed E-state index contributed by atoms with van der Waals surface area (Å²) in [5.41, 5.74) is 5.74. The number of halogens is 1. The van der Waals surface area contributed by atoms with Crippen molar-refractivity contribution >= 4 is 40.2 Å². The number of hydrogen-bond donors (Lipinski definition) is 2. The molecular weight excluding hydrogens is 476 g/mol. The van der Waals surface area contributed by atoms with Crippen molar-refractivity contribution in [1.82, 2.24) is 9.80 Å². The fraction of sp³-hybridized carbons (Fsp3) is 0.250. The molecule has 0 radical (unpaired) electrons. The van der Waals surface area contributed by atoms with Crippen molar-refractivity contribution in [3.8, 4) is 11.5 Å². The van der Waals surface area contributed by atoms with Gasteiger partial charge >= 0.3 is 0 Å². The number of nitrogens with one attached hydrogen (secondary N) is 2. The van der Waals surface area contributed by atoms with Crippen molar-refractivity contribution in [2.75, 3.05) is 50.7 Å². The minimum Gasteiger partial charge on any atom is -0.454 e. The molecule has 2 N–H and O–H groups in total. The van der Waals surface area contributed by atoms with Gasteiger partial charge in [-0.1, -0.05) is 29.8 Å². The quantitative estimate of drug-likeness (QED) is 0.491. The Morgan fingerprint density at radius 2 is 1.75 bits per heavy atom. The molecule has 36 heavy (non-hydrogen) atoms. The van der Waals surface area contributed by atoms with Gasteiger partial charge in [0.1, 0.15) is 0 Å². The lowest BCUT2D eigenvalue weighted by molar-refractivity contribution is -0.110. The zero-order valence-corrected chi connectivity index (χ0v) is 20.8. The van der Waals surface area contributed by atoms with Crippen molar-refractivity contribution < 1.29 is 14.3 Å². The minimum absolute atomic E-state index is 0.181. The lowest BCUT2D eigenvalue weighted by Crippen LogP contribution is -2.43. The van der Waals surface area contributed by atoms with Crippen LogP contribution in [0.2, 0.25) is 5.02 Å². The van der Waals surface area contributed by atoms with Crippen molar-refractivity contribution in [3.63, 3.8) is 0 Å². The van der Waals surface area contributed by atoms with Crippen LogP contribution in [0, 0.1) is 0 Å². The van der Waals surface area contributed by atoms with E-state index in [9.17, 15) is 4.79 Å². The van der Waals surface area contributed by atoms with Crippen LogP contribution in [0.3, 0.4) is 0 Å². The van der Waals surface area contributed by atoms with Crippen molar-refractivity contribution in [2.45, 2.75) is 6.54 Å². The Hall–Kier alpha value is -3.52. The molecule has 0 bridgehead atoms. The monoisotopic (exact) mass is 502 g/mol. The number of benzene rings is 3. The molecule has 1 fully saturated rings. The molecule has 0 saturated carbocycles. The lowest BCUT2D eigenvalue weighted by Gasteiger charge is -2.32. The largest absolute Gasteiger partial charge is 0.454 e. The summed E-state index contributed by atoms with van der Waals surface area (Å²) in [6.07, 6.45) is 0. The molecule has 6 rings (SSSR count). The first kappa shape index (κ1) is 22.9. The van der Waals surface area contributed by atoms with E-state index in [1.54, 1.807) is 12.1 Å². The molecule has 3 aromatic rings. The summed E-state index contributed by atoms with van der Waals surface area (Å²) in [6.45, 7) is 5.47.